The van der Waals surface area contributed by atoms with Crippen molar-refractivity contribution in [3.63, 3.8) is 0 Å². The SMILES string of the molecule is C=CC(=O)OCC(C)NCCC(=O)OCC(CC)(COC(=O)CCNC(C)COC(=O)C=C)CO[C@@H](O)CCNC(C)COC(=O)C=C. The van der Waals surface area contributed by atoms with Gasteiger partial charge in [-0.05, 0) is 27.2 Å². The van der Waals surface area contributed by atoms with Crippen molar-refractivity contribution in [3.8, 4) is 0 Å². The Balaban J connectivity index is 5.05. The van der Waals surface area contributed by atoms with Gasteiger partial charge in [0.1, 0.15) is 33.0 Å². The molecule has 274 valence electrons. The van der Waals surface area contributed by atoms with Crippen LogP contribution in [0.1, 0.15) is 53.4 Å². The number of esters is 5. The predicted molar refractivity (Wildman–Crippen MR) is 176 cm³/mol. The lowest BCUT2D eigenvalue weighted by Gasteiger charge is -2.32. The molecule has 0 aromatic heterocycles. The van der Waals surface area contributed by atoms with Crippen LogP contribution in [0.15, 0.2) is 38.0 Å². The molecule has 0 aliphatic carbocycles. The first-order valence-electron chi connectivity index (χ1n) is 16.0. The van der Waals surface area contributed by atoms with Crippen LogP contribution in [0.25, 0.3) is 0 Å². The van der Waals surface area contributed by atoms with Gasteiger partial charge in [0.15, 0.2) is 6.29 Å². The van der Waals surface area contributed by atoms with Crippen molar-refractivity contribution >= 4 is 29.8 Å². The van der Waals surface area contributed by atoms with Crippen molar-refractivity contribution in [2.45, 2.75) is 77.8 Å². The van der Waals surface area contributed by atoms with E-state index < -0.39 is 41.6 Å². The van der Waals surface area contributed by atoms with Crippen LogP contribution in [0, 0.1) is 5.41 Å². The molecule has 4 N–H and O–H groups in total. The highest BCUT2D eigenvalue weighted by Crippen LogP contribution is 2.25. The minimum Gasteiger partial charge on any atom is -0.465 e. The van der Waals surface area contributed by atoms with Gasteiger partial charge in [0, 0.05) is 62.4 Å². The lowest BCUT2D eigenvalue weighted by molar-refractivity contribution is -0.170. The average Bonchev–Trinajstić information content (AvgIpc) is 3.08. The molecule has 0 heterocycles. The van der Waals surface area contributed by atoms with Crippen LogP contribution in [-0.4, -0.2) is 119 Å². The molecule has 0 aliphatic rings. The summed E-state index contributed by atoms with van der Waals surface area (Å²) in [5, 5.41) is 19.7. The van der Waals surface area contributed by atoms with Crippen LogP contribution < -0.4 is 16.0 Å². The van der Waals surface area contributed by atoms with E-state index in [4.69, 9.17) is 28.4 Å². The van der Waals surface area contributed by atoms with Gasteiger partial charge < -0.3 is 49.5 Å². The van der Waals surface area contributed by atoms with Crippen LogP contribution in [0.2, 0.25) is 0 Å². The number of carbonyl (C=O) groups is 5. The highest BCUT2D eigenvalue weighted by molar-refractivity contribution is 5.81. The summed E-state index contributed by atoms with van der Waals surface area (Å²) < 4.78 is 31.7. The molecule has 48 heavy (non-hydrogen) atoms. The van der Waals surface area contributed by atoms with Gasteiger partial charge in [-0.2, -0.15) is 0 Å². The molecular formula is C33H55N3O12. The summed E-state index contributed by atoms with van der Waals surface area (Å²) >= 11 is 0. The quantitative estimate of drug-likeness (QED) is 0.0378. The standard InChI is InChI=1S/C33H55N3O12/c1-8-27(37)43-18-24(5)34-15-12-30(40)46-21-33(11-4,22-47-31(41)13-16-35-25(6)19-44-28(38)9-2)23-48-32(42)14-17-36-26(7)20-45-29(39)10-3/h8-10,24-26,30,34-36,40H,1-3,11-23H2,4-7H3/t24?,25?,26?,30-,33?/m1/s1. The Morgan fingerprint density at radius 3 is 1.38 bits per heavy atom. The van der Waals surface area contributed by atoms with E-state index in [0.717, 1.165) is 18.2 Å². The van der Waals surface area contributed by atoms with Gasteiger partial charge in [0.2, 0.25) is 0 Å². The lowest BCUT2D eigenvalue weighted by Crippen LogP contribution is -2.41. The molecule has 4 atom stereocenters. The zero-order valence-electron chi connectivity index (χ0n) is 28.8. The highest BCUT2D eigenvalue weighted by Gasteiger charge is 2.34. The number of ether oxygens (including phenoxy) is 6. The first-order chi connectivity index (χ1) is 22.8. The highest BCUT2D eigenvalue weighted by atomic mass is 16.6. The summed E-state index contributed by atoms with van der Waals surface area (Å²) in [6.07, 6.45) is 2.68. The number of aliphatic hydroxyl groups excluding tert-OH is 1. The largest absolute Gasteiger partial charge is 0.465 e. The number of hydrogen-bond donors (Lipinski definition) is 4. The van der Waals surface area contributed by atoms with E-state index in [1.165, 1.54) is 0 Å². The molecule has 0 amide bonds. The third kappa shape index (κ3) is 22.8. The minimum atomic E-state index is -1.18. The summed E-state index contributed by atoms with van der Waals surface area (Å²) in [6, 6.07) is -0.580. The molecule has 0 bridgehead atoms. The summed E-state index contributed by atoms with van der Waals surface area (Å²) in [6.45, 7) is 18.1. The van der Waals surface area contributed by atoms with Crippen molar-refractivity contribution in [2.24, 2.45) is 5.41 Å². The van der Waals surface area contributed by atoms with E-state index in [1.807, 2.05) is 13.8 Å². The fourth-order valence-electron chi connectivity index (χ4n) is 3.67. The Morgan fingerprint density at radius 2 is 1.02 bits per heavy atom. The second-order valence-corrected chi connectivity index (χ2v) is 11.3. The normalized spacial score (nSPS) is 14.6. The molecule has 0 aromatic carbocycles. The van der Waals surface area contributed by atoms with E-state index in [0.29, 0.717) is 13.0 Å². The third-order valence-corrected chi connectivity index (χ3v) is 6.87. The van der Waals surface area contributed by atoms with Gasteiger partial charge in [0.25, 0.3) is 0 Å². The van der Waals surface area contributed by atoms with Gasteiger partial charge in [0.05, 0.1) is 24.9 Å². The Labute approximate surface area is 283 Å². The maximum atomic E-state index is 12.6. The van der Waals surface area contributed by atoms with E-state index in [1.54, 1.807) is 13.8 Å². The molecule has 0 saturated heterocycles. The number of rotatable bonds is 29. The predicted octanol–water partition coefficient (Wildman–Crippen LogP) is 1.10. The molecule has 0 aliphatic heterocycles. The molecule has 15 nitrogen and oxygen atoms in total. The van der Waals surface area contributed by atoms with E-state index in [2.05, 4.69) is 35.7 Å². The first-order valence-corrected chi connectivity index (χ1v) is 16.0. The fourth-order valence-corrected chi connectivity index (χ4v) is 3.67. The zero-order valence-corrected chi connectivity index (χ0v) is 28.8. The van der Waals surface area contributed by atoms with Crippen molar-refractivity contribution in [1.82, 2.24) is 16.0 Å². The van der Waals surface area contributed by atoms with Crippen LogP contribution in [0.3, 0.4) is 0 Å². The molecule has 0 radical (unpaired) electrons. The molecule has 15 heteroatoms. The second kappa shape index (κ2) is 26.3. The third-order valence-electron chi connectivity index (χ3n) is 6.87. The molecule has 0 rings (SSSR count). The Morgan fingerprint density at radius 1 is 0.646 bits per heavy atom. The Kier molecular flexibility index (Phi) is 24.3. The summed E-state index contributed by atoms with van der Waals surface area (Å²) in [7, 11) is 0. The lowest BCUT2D eigenvalue weighted by atomic mass is 9.88. The van der Waals surface area contributed by atoms with Gasteiger partial charge in [-0.15, -0.1) is 0 Å². The number of aliphatic hydroxyl groups is 1. The van der Waals surface area contributed by atoms with Crippen molar-refractivity contribution in [1.29, 1.82) is 0 Å². The maximum absolute atomic E-state index is 12.6. The van der Waals surface area contributed by atoms with E-state index in [-0.39, 0.29) is 90.1 Å². The molecule has 0 saturated carbocycles. The summed E-state index contributed by atoms with van der Waals surface area (Å²) in [4.78, 5) is 58.8. The van der Waals surface area contributed by atoms with Crippen LogP contribution in [0.5, 0.6) is 0 Å². The molecule has 0 fully saturated rings. The molecule has 3 unspecified atom stereocenters. The summed E-state index contributed by atoms with van der Waals surface area (Å²) in [5.41, 5.74) is -0.953. The fraction of sp³-hybridized carbons (Fsp3) is 0.667. The van der Waals surface area contributed by atoms with Gasteiger partial charge in [-0.25, -0.2) is 14.4 Å². The second-order valence-electron chi connectivity index (χ2n) is 11.3. The Hall–Kier alpha value is -3.63. The molecular weight excluding hydrogens is 630 g/mol. The van der Waals surface area contributed by atoms with Crippen molar-refractivity contribution in [2.75, 3.05) is 59.3 Å². The molecule has 0 spiro atoms. The van der Waals surface area contributed by atoms with Gasteiger partial charge in [-0.3, -0.25) is 9.59 Å². The maximum Gasteiger partial charge on any atom is 0.330 e. The van der Waals surface area contributed by atoms with E-state index in [9.17, 15) is 29.1 Å². The number of carbonyl (C=O) groups excluding carboxylic acids is 5. The van der Waals surface area contributed by atoms with E-state index >= 15 is 0 Å². The van der Waals surface area contributed by atoms with Crippen LogP contribution >= 0.6 is 0 Å². The topological polar surface area (TPSA) is 197 Å². The minimum absolute atomic E-state index is 0.0285. The van der Waals surface area contributed by atoms with Gasteiger partial charge in [-0.1, -0.05) is 26.7 Å². The smallest absolute Gasteiger partial charge is 0.330 e. The van der Waals surface area contributed by atoms with Crippen molar-refractivity contribution in [3.05, 3.63) is 38.0 Å². The first kappa shape index (κ1) is 44.4. The number of hydrogen-bond acceptors (Lipinski definition) is 15. The monoisotopic (exact) mass is 685 g/mol. The summed E-state index contributed by atoms with van der Waals surface area (Å²) in [5.74, 6) is -2.62. The van der Waals surface area contributed by atoms with Crippen molar-refractivity contribution < 1.29 is 57.5 Å². The average molecular weight is 686 g/mol. The number of nitrogens with one attached hydrogen (secondary N) is 3. The Bertz CT molecular complexity index is 970. The molecule has 0 aromatic rings. The zero-order chi connectivity index (χ0) is 36.4. The van der Waals surface area contributed by atoms with Crippen LogP contribution in [0.4, 0.5) is 0 Å². The van der Waals surface area contributed by atoms with Gasteiger partial charge >= 0.3 is 29.8 Å². The van der Waals surface area contributed by atoms with Crippen LogP contribution in [-0.2, 0) is 52.4 Å².